The molecule has 0 aromatic rings. The molecule has 0 N–H and O–H groups in total. The van der Waals surface area contributed by atoms with E-state index >= 15 is 0 Å². The molecular formula is C16H30O4Sn. The summed E-state index contributed by atoms with van der Waals surface area (Å²) in [6, 6.07) is 0. The molecule has 0 aliphatic carbocycles. The van der Waals surface area contributed by atoms with Crippen molar-refractivity contribution in [3.8, 4) is 0 Å². The van der Waals surface area contributed by atoms with Crippen molar-refractivity contribution in [3.05, 3.63) is 12.2 Å². The van der Waals surface area contributed by atoms with Crippen LogP contribution in [0.25, 0.3) is 0 Å². The Balaban J connectivity index is 0. The quantitative estimate of drug-likeness (QED) is 0.217. The number of hydrogen-bond donors (Lipinski definition) is 0. The fraction of sp³-hybridized carbons (Fsp3) is 0.750. The van der Waals surface area contributed by atoms with E-state index in [1.807, 2.05) is 6.92 Å². The molecule has 0 aliphatic heterocycles. The van der Waals surface area contributed by atoms with Crippen LogP contribution in [0.2, 0.25) is 0 Å². The Bertz CT molecular complexity index is 290. The topological polar surface area (TPSA) is 52.6 Å². The van der Waals surface area contributed by atoms with Crippen molar-refractivity contribution >= 4 is 35.8 Å². The van der Waals surface area contributed by atoms with Crippen LogP contribution in [0.4, 0.5) is 0 Å². The molecule has 0 aliphatic rings. The molecule has 0 bridgehead atoms. The molecule has 0 rings (SSSR count). The van der Waals surface area contributed by atoms with Gasteiger partial charge in [-0.1, -0.05) is 52.4 Å². The molecule has 2 radical (unpaired) electrons. The number of unbranched alkanes of at least 4 members (excludes halogenated alkanes) is 6. The van der Waals surface area contributed by atoms with Gasteiger partial charge < -0.3 is 9.47 Å². The standard InChI is InChI=1S/C16H28O4.Sn.2H/c1-3-5-7-8-9-10-14-20-16(18)12-11-15(17)19-13-6-4-2;;;/h11-12H,3-10,13-14H2,1-2H3;;;/b12-11-;;;. The van der Waals surface area contributed by atoms with E-state index in [1.165, 1.54) is 25.7 Å². The number of carbonyl (C=O) groups excluding carboxylic acids is 2. The zero-order valence-corrected chi connectivity index (χ0v) is 17.6. The van der Waals surface area contributed by atoms with Crippen LogP contribution < -0.4 is 0 Å². The van der Waals surface area contributed by atoms with Crippen LogP contribution in [-0.2, 0) is 19.1 Å². The summed E-state index contributed by atoms with van der Waals surface area (Å²) in [5.74, 6) is -0.971. The van der Waals surface area contributed by atoms with E-state index in [0.29, 0.717) is 13.2 Å². The van der Waals surface area contributed by atoms with Gasteiger partial charge in [0, 0.05) is 12.2 Å². The number of ether oxygens (including phenoxy) is 2. The first-order valence-electron chi connectivity index (χ1n) is 7.72. The molecule has 0 spiro atoms. The third-order valence-electron chi connectivity index (χ3n) is 2.84. The van der Waals surface area contributed by atoms with Crippen LogP contribution in [0.1, 0.15) is 65.2 Å². The molecule has 5 heteroatoms. The second-order valence-electron chi connectivity index (χ2n) is 4.79. The second-order valence-corrected chi connectivity index (χ2v) is 4.79. The van der Waals surface area contributed by atoms with Crippen LogP contribution >= 0.6 is 0 Å². The monoisotopic (exact) mass is 406 g/mol. The zero-order chi connectivity index (χ0) is 15.1. The van der Waals surface area contributed by atoms with Gasteiger partial charge in [0.25, 0.3) is 0 Å². The Labute approximate surface area is 145 Å². The predicted octanol–water partition coefficient (Wildman–Crippen LogP) is 2.87. The van der Waals surface area contributed by atoms with Gasteiger partial charge in [0.1, 0.15) is 0 Å². The fourth-order valence-corrected chi connectivity index (χ4v) is 1.60. The van der Waals surface area contributed by atoms with Crippen LogP contribution in [0.15, 0.2) is 12.2 Å². The molecule has 0 aromatic heterocycles. The number of carbonyl (C=O) groups is 2. The molecule has 122 valence electrons. The van der Waals surface area contributed by atoms with Gasteiger partial charge in [-0.15, -0.1) is 0 Å². The van der Waals surface area contributed by atoms with Gasteiger partial charge in [-0.25, -0.2) is 9.59 Å². The van der Waals surface area contributed by atoms with Gasteiger partial charge in [-0.3, -0.25) is 0 Å². The van der Waals surface area contributed by atoms with Gasteiger partial charge in [0.05, 0.1) is 13.2 Å². The molecular weight excluding hydrogens is 375 g/mol. The van der Waals surface area contributed by atoms with Crippen molar-refractivity contribution in [3.63, 3.8) is 0 Å². The Hall–Kier alpha value is -0.521. The molecule has 0 aromatic carbocycles. The van der Waals surface area contributed by atoms with E-state index in [0.717, 1.165) is 37.8 Å². The van der Waals surface area contributed by atoms with Crippen LogP contribution in [-0.4, -0.2) is 49.1 Å². The Morgan fingerprint density at radius 2 is 1.14 bits per heavy atom. The molecule has 0 saturated carbocycles. The van der Waals surface area contributed by atoms with Gasteiger partial charge in [0.15, 0.2) is 0 Å². The number of esters is 2. The van der Waals surface area contributed by atoms with E-state index in [9.17, 15) is 9.59 Å². The van der Waals surface area contributed by atoms with E-state index < -0.39 is 11.9 Å². The van der Waals surface area contributed by atoms with E-state index in [2.05, 4.69) is 6.92 Å². The Morgan fingerprint density at radius 3 is 1.67 bits per heavy atom. The first-order chi connectivity index (χ1) is 9.70. The SMILES string of the molecule is CCCCCCCCOC(=O)/C=C\C(=O)OCCCC.[SnH2]. The molecule has 4 nitrogen and oxygen atoms in total. The van der Waals surface area contributed by atoms with Crippen molar-refractivity contribution in [1.29, 1.82) is 0 Å². The minimum absolute atomic E-state index is 0. The molecule has 0 unspecified atom stereocenters. The summed E-state index contributed by atoms with van der Waals surface area (Å²) in [6.45, 7) is 5.01. The van der Waals surface area contributed by atoms with Crippen molar-refractivity contribution in [2.45, 2.75) is 65.2 Å². The normalized spacial score (nSPS) is 10.2. The average Bonchev–Trinajstić information content (AvgIpc) is 2.44. The molecule has 0 amide bonds. The van der Waals surface area contributed by atoms with Crippen molar-refractivity contribution in [2.75, 3.05) is 13.2 Å². The third-order valence-corrected chi connectivity index (χ3v) is 2.84. The maximum absolute atomic E-state index is 11.3. The number of rotatable bonds is 12. The van der Waals surface area contributed by atoms with E-state index in [-0.39, 0.29) is 23.9 Å². The summed E-state index contributed by atoms with van der Waals surface area (Å²) in [6.07, 6.45) is 10.9. The Kier molecular flexibility index (Phi) is 19.0. The number of hydrogen-bond acceptors (Lipinski definition) is 4. The summed E-state index contributed by atoms with van der Waals surface area (Å²) in [7, 11) is 0. The average molecular weight is 405 g/mol. The maximum atomic E-state index is 11.3. The first-order valence-corrected chi connectivity index (χ1v) is 7.72. The summed E-state index contributed by atoms with van der Waals surface area (Å²) < 4.78 is 9.87. The minimum atomic E-state index is -0.491. The molecule has 0 heterocycles. The van der Waals surface area contributed by atoms with E-state index in [1.54, 1.807) is 0 Å². The molecule has 0 fully saturated rings. The van der Waals surface area contributed by atoms with Gasteiger partial charge in [-0.2, -0.15) is 0 Å². The zero-order valence-electron chi connectivity index (χ0n) is 13.6. The summed E-state index contributed by atoms with van der Waals surface area (Å²) in [4.78, 5) is 22.5. The van der Waals surface area contributed by atoms with Gasteiger partial charge in [0.2, 0.25) is 0 Å². The predicted molar refractivity (Wildman–Crippen MR) is 87.9 cm³/mol. The summed E-state index contributed by atoms with van der Waals surface area (Å²) in [5.41, 5.74) is 0. The van der Waals surface area contributed by atoms with Crippen molar-refractivity contribution in [2.24, 2.45) is 0 Å². The van der Waals surface area contributed by atoms with Crippen molar-refractivity contribution in [1.82, 2.24) is 0 Å². The van der Waals surface area contributed by atoms with Crippen LogP contribution in [0.3, 0.4) is 0 Å². The van der Waals surface area contributed by atoms with Crippen molar-refractivity contribution < 1.29 is 19.1 Å². The van der Waals surface area contributed by atoms with Gasteiger partial charge >= 0.3 is 35.8 Å². The Morgan fingerprint density at radius 1 is 0.714 bits per heavy atom. The molecule has 21 heavy (non-hydrogen) atoms. The third kappa shape index (κ3) is 17.4. The van der Waals surface area contributed by atoms with E-state index in [4.69, 9.17) is 9.47 Å². The fourth-order valence-electron chi connectivity index (χ4n) is 1.60. The summed E-state index contributed by atoms with van der Waals surface area (Å²) in [5, 5.41) is 0. The van der Waals surface area contributed by atoms with Crippen LogP contribution in [0.5, 0.6) is 0 Å². The molecule has 0 atom stereocenters. The first kappa shape index (κ1) is 22.8. The molecule has 0 saturated heterocycles. The van der Waals surface area contributed by atoms with Crippen LogP contribution in [0, 0.1) is 0 Å². The second kappa shape index (κ2) is 17.5. The summed E-state index contributed by atoms with van der Waals surface area (Å²) >= 11 is 0. The van der Waals surface area contributed by atoms with Gasteiger partial charge in [-0.05, 0) is 12.8 Å².